The summed E-state index contributed by atoms with van der Waals surface area (Å²) in [5.41, 5.74) is 2.58. The third kappa shape index (κ3) is 1.16. The predicted octanol–water partition coefficient (Wildman–Crippen LogP) is 2.07. The number of rotatable bonds is 2. The van der Waals surface area contributed by atoms with Crippen molar-refractivity contribution in [2.45, 2.75) is 24.4 Å². The molecule has 1 aliphatic carbocycles. The molecule has 14 heavy (non-hydrogen) atoms. The molecule has 1 saturated carbocycles. The van der Waals surface area contributed by atoms with Crippen LogP contribution in [0.2, 0.25) is 0 Å². The average molecular weight is 212 g/mol. The first-order chi connectivity index (χ1) is 8.00. The smallest absolute Gasteiger partial charge is 0.0944 e. The minimum atomic E-state index is -2.06. The molecule has 0 saturated heterocycles. The summed E-state index contributed by atoms with van der Waals surface area (Å²) in [5, 5.41) is 6.89. The molecular formula is C11H15NOS. The van der Waals surface area contributed by atoms with Crippen LogP contribution >= 0.6 is 11.3 Å². The second-order valence-corrected chi connectivity index (χ2v) is 4.87. The Morgan fingerprint density at radius 2 is 2.64 bits per heavy atom. The maximum absolute atomic E-state index is 7.17. The monoisotopic (exact) mass is 212 g/mol. The Labute approximate surface area is 92.5 Å². The number of hydrogen-bond donors (Lipinski definition) is 1. The first-order valence-electron chi connectivity index (χ1n) is 6.46. The van der Waals surface area contributed by atoms with Gasteiger partial charge in [0.15, 0.2) is 0 Å². The molecule has 0 bridgehead atoms. The summed E-state index contributed by atoms with van der Waals surface area (Å²) in [7, 11) is 0. The van der Waals surface area contributed by atoms with Crippen LogP contribution in [0.25, 0.3) is 0 Å². The van der Waals surface area contributed by atoms with Crippen LogP contribution in [0, 0.1) is 0 Å². The van der Waals surface area contributed by atoms with E-state index >= 15 is 0 Å². The van der Waals surface area contributed by atoms with E-state index in [1.54, 1.807) is 11.3 Å². The van der Waals surface area contributed by atoms with Crippen molar-refractivity contribution in [2.75, 3.05) is 20.1 Å². The fourth-order valence-electron chi connectivity index (χ4n) is 2.24. The molecule has 1 aromatic heterocycles. The van der Waals surface area contributed by atoms with Gasteiger partial charge in [0.05, 0.1) is 12.2 Å². The van der Waals surface area contributed by atoms with Crippen molar-refractivity contribution in [1.82, 2.24) is 5.32 Å². The summed E-state index contributed by atoms with van der Waals surface area (Å²) < 4.78 is 27.4. The van der Waals surface area contributed by atoms with Gasteiger partial charge in [0.25, 0.3) is 0 Å². The van der Waals surface area contributed by atoms with Gasteiger partial charge in [-0.3, -0.25) is 0 Å². The van der Waals surface area contributed by atoms with Crippen molar-refractivity contribution in [3.8, 4) is 0 Å². The van der Waals surface area contributed by atoms with E-state index in [4.69, 9.17) is 8.85 Å². The van der Waals surface area contributed by atoms with Gasteiger partial charge in [-0.25, -0.2) is 0 Å². The van der Waals surface area contributed by atoms with Crippen LogP contribution in [-0.2, 0) is 10.3 Å². The molecule has 0 unspecified atom stereocenters. The molecule has 0 amide bonds. The lowest BCUT2D eigenvalue weighted by Crippen LogP contribution is -2.30. The Morgan fingerprint density at radius 3 is 3.43 bits per heavy atom. The van der Waals surface area contributed by atoms with E-state index in [1.165, 1.54) is 11.1 Å². The van der Waals surface area contributed by atoms with E-state index in [0.717, 1.165) is 12.8 Å². The zero-order valence-electron chi connectivity index (χ0n) is 10.9. The molecular weight excluding hydrogens is 194 g/mol. The largest absolute Gasteiger partial charge is 0.370 e. The number of thiophene rings is 1. The van der Waals surface area contributed by atoms with Crippen LogP contribution in [0.4, 0.5) is 0 Å². The van der Waals surface area contributed by atoms with Gasteiger partial charge in [0, 0.05) is 16.6 Å². The van der Waals surface area contributed by atoms with Crippen molar-refractivity contribution in [3.05, 3.63) is 21.9 Å². The number of fused-ring (bicyclic) bond motifs is 2. The molecule has 2 nitrogen and oxygen atoms in total. The number of nitrogens with one attached hydrogen (secondary N) is 1. The molecule has 76 valence electrons. The maximum Gasteiger partial charge on any atom is 0.0944 e. The van der Waals surface area contributed by atoms with Gasteiger partial charge < -0.3 is 10.1 Å². The van der Waals surface area contributed by atoms with E-state index < -0.39 is 6.98 Å². The topological polar surface area (TPSA) is 21.3 Å². The highest BCUT2D eigenvalue weighted by Crippen LogP contribution is 2.55. The Kier molecular flexibility index (Phi) is 1.36. The second-order valence-electron chi connectivity index (χ2n) is 4.12. The highest BCUT2D eigenvalue weighted by Gasteiger charge is 2.50. The van der Waals surface area contributed by atoms with Gasteiger partial charge in [0.2, 0.25) is 0 Å². The standard InChI is InChI=1S/C11H15NOS/c1-12-4-8-5-13-11(2-3-11)10-7-14-6-9(8)10/h6-8,12H,2-5H2,1H3/t8-/m1/s1/i1D3. The molecule has 2 heterocycles. The van der Waals surface area contributed by atoms with Crippen LogP contribution in [0.15, 0.2) is 10.8 Å². The molecule has 2 aliphatic rings. The Balaban J connectivity index is 1.76. The summed E-state index contributed by atoms with van der Waals surface area (Å²) in [6.45, 7) is -0.978. The highest BCUT2D eigenvalue weighted by atomic mass is 32.1. The lowest BCUT2D eigenvalue weighted by molar-refractivity contribution is 0.00680. The van der Waals surface area contributed by atoms with Crippen molar-refractivity contribution in [2.24, 2.45) is 0 Å². The first-order valence-corrected chi connectivity index (χ1v) is 5.90. The lowest BCUT2D eigenvalue weighted by Gasteiger charge is -2.29. The van der Waals surface area contributed by atoms with E-state index in [2.05, 4.69) is 16.1 Å². The van der Waals surface area contributed by atoms with E-state index in [-0.39, 0.29) is 11.5 Å². The highest BCUT2D eigenvalue weighted by molar-refractivity contribution is 7.08. The van der Waals surface area contributed by atoms with Crippen molar-refractivity contribution in [3.63, 3.8) is 0 Å². The van der Waals surface area contributed by atoms with Crippen LogP contribution in [-0.4, -0.2) is 20.1 Å². The van der Waals surface area contributed by atoms with E-state index in [1.807, 2.05) is 0 Å². The molecule has 3 rings (SSSR count). The summed E-state index contributed by atoms with van der Waals surface area (Å²) in [5.74, 6) is 0.169. The third-order valence-electron chi connectivity index (χ3n) is 3.24. The van der Waals surface area contributed by atoms with Crippen molar-refractivity contribution in [1.29, 1.82) is 0 Å². The molecule has 0 radical (unpaired) electrons. The van der Waals surface area contributed by atoms with Crippen LogP contribution in [0.5, 0.6) is 0 Å². The second kappa shape index (κ2) is 3.05. The summed E-state index contributed by atoms with van der Waals surface area (Å²) in [6, 6.07) is 0. The number of likely N-dealkylation sites (N-methyl/N-ethyl adjacent to an activating group) is 1. The lowest BCUT2D eigenvalue weighted by atomic mass is 9.92. The van der Waals surface area contributed by atoms with Gasteiger partial charge in [-0.1, -0.05) is 0 Å². The zero-order valence-corrected chi connectivity index (χ0v) is 8.69. The summed E-state index contributed by atoms with van der Waals surface area (Å²) in [6.07, 6.45) is 2.21. The predicted molar refractivity (Wildman–Crippen MR) is 57.9 cm³/mol. The van der Waals surface area contributed by atoms with Crippen molar-refractivity contribution < 1.29 is 8.85 Å². The molecule has 1 spiro atoms. The van der Waals surface area contributed by atoms with Gasteiger partial charge in [-0.05, 0) is 41.7 Å². The molecule has 1 fully saturated rings. The van der Waals surface area contributed by atoms with Crippen LogP contribution in [0.1, 0.15) is 34.0 Å². The van der Waals surface area contributed by atoms with Gasteiger partial charge in [0.1, 0.15) is 0 Å². The number of hydrogen-bond acceptors (Lipinski definition) is 3. The molecule has 1 aliphatic heterocycles. The fourth-order valence-corrected chi connectivity index (χ4v) is 3.26. The molecule has 1 N–H and O–H groups in total. The summed E-state index contributed by atoms with van der Waals surface area (Å²) >= 11 is 1.69. The minimum absolute atomic E-state index is 0.00812. The van der Waals surface area contributed by atoms with Crippen LogP contribution in [0.3, 0.4) is 0 Å². The first kappa shape index (κ1) is 6.26. The van der Waals surface area contributed by atoms with E-state index in [9.17, 15) is 0 Å². The molecule has 1 aromatic rings. The van der Waals surface area contributed by atoms with Crippen LogP contribution < -0.4 is 5.32 Å². The quantitative estimate of drug-likeness (QED) is 0.810. The zero-order chi connectivity index (χ0) is 12.1. The van der Waals surface area contributed by atoms with Crippen molar-refractivity contribution >= 4 is 11.3 Å². The van der Waals surface area contributed by atoms with Gasteiger partial charge >= 0.3 is 0 Å². The Bertz CT molecular complexity index is 425. The molecule has 0 aromatic carbocycles. The Morgan fingerprint density at radius 1 is 1.71 bits per heavy atom. The average Bonchev–Trinajstić information content (AvgIpc) is 2.84. The molecule has 3 heteroatoms. The van der Waals surface area contributed by atoms with Gasteiger partial charge in [-0.15, -0.1) is 0 Å². The van der Waals surface area contributed by atoms with Gasteiger partial charge in [-0.2, -0.15) is 11.3 Å². The maximum atomic E-state index is 7.17. The normalized spacial score (nSPS) is 31.7. The van der Waals surface area contributed by atoms with E-state index in [0.29, 0.717) is 13.2 Å². The SMILES string of the molecule is [2H]C([2H])([2H])NC[C@@H]1COC2(CC2)c2cscc21. The Hall–Kier alpha value is -0.380. The molecule has 1 atom stereocenters. The summed E-state index contributed by atoms with van der Waals surface area (Å²) in [4.78, 5) is 0. The third-order valence-corrected chi connectivity index (χ3v) is 4.00. The minimum Gasteiger partial charge on any atom is -0.370 e. The fraction of sp³-hybridized carbons (Fsp3) is 0.636. The number of ether oxygens (including phenoxy) is 1.